The molecule has 1 aliphatic heterocycles. The van der Waals surface area contributed by atoms with Crippen LogP contribution in [0.5, 0.6) is 5.75 Å². The van der Waals surface area contributed by atoms with Crippen molar-refractivity contribution in [1.82, 2.24) is 4.90 Å². The van der Waals surface area contributed by atoms with Crippen molar-refractivity contribution in [2.75, 3.05) is 13.2 Å². The van der Waals surface area contributed by atoms with Crippen LogP contribution in [0.2, 0.25) is 0 Å². The van der Waals surface area contributed by atoms with E-state index in [0.717, 1.165) is 21.8 Å². The van der Waals surface area contributed by atoms with Crippen molar-refractivity contribution >= 4 is 44.9 Å². The highest BCUT2D eigenvalue weighted by atomic mass is 79.9. The summed E-state index contributed by atoms with van der Waals surface area (Å²) in [6.07, 6.45) is 1.72. The Morgan fingerprint density at radius 2 is 2.09 bits per heavy atom. The molecule has 0 N–H and O–H groups in total. The third-order valence-electron chi connectivity index (χ3n) is 2.98. The van der Waals surface area contributed by atoms with E-state index >= 15 is 0 Å². The number of imide groups is 1. The van der Waals surface area contributed by atoms with Gasteiger partial charge in [0.15, 0.2) is 0 Å². The van der Waals surface area contributed by atoms with Crippen LogP contribution in [0.4, 0.5) is 4.79 Å². The van der Waals surface area contributed by atoms with Crippen LogP contribution < -0.4 is 4.74 Å². The lowest BCUT2D eigenvalue weighted by Crippen LogP contribution is -2.31. The summed E-state index contributed by atoms with van der Waals surface area (Å²) in [4.78, 5) is 26.1. The fourth-order valence-corrected chi connectivity index (χ4v) is 3.30. The van der Waals surface area contributed by atoms with E-state index in [-0.39, 0.29) is 17.1 Å². The van der Waals surface area contributed by atoms with Gasteiger partial charge >= 0.3 is 0 Å². The molecule has 0 unspecified atom stereocenters. The Labute approximate surface area is 143 Å². The predicted octanol–water partition coefficient (Wildman–Crippen LogP) is 4.54. The number of amides is 2. The number of hydrogen-bond acceptors (Lipinski definition) is 4. The van der Waals surface area contributed by atoms with Gasteiger partial charge in [-0.2, -0.15) is 0 Å². The first-order valence-corrected chi connectivity index (χ1v) is 8.71. The molecule has 1 aromatic rings. The van der Waals surface area contributed by atoms with Gasteiger partial charge in [0.2, 0.25) is 0 Å². The van der Waals surface area contributed by atoms with Gasteiger partial charge in [-0.25, -0.2) is 0 Å². The minimum atomic E-state index is -0.230. The third-order valence-corrected chi connectivity index (χ3v) is 4.38. The molecule has 1 fully saturated rings. The molecule has 2 rings (SSSR count). The number of halogens is 1. The number of carbonyl (C=O) groups is 2. The minimum absolute atomic E-state index is 0.210. The molecule has 118 valence electrons. The highest BCUT2D eigenvalue weighted by Gasteiger charge is 2.35. The number of carbonyl (C=O) groups excluding carboxylic acids is 2. The summed E-state index contributed by atoms with van der Waals surface area (Å²) >= 11 is 4.39. The number of benzene rings is 1. The Balaban J connectivity index is 2.32. The standard InChI is InChI=1S/C16H18BrNO3S/c1-4-21-13-6-5-12(17)7-11(13)8-14-15(19)18(9-10(2)3)16(20)22-14/h5-8,10H,4,9H2,1-3H3/b14-8-. The molecule has 0 bridgehead atoms. The Morgan fingerprint density at radius 3 is 2.73 bits per heavy atom. The second-order valence-corrected chi connectivity index (χ2v) is 7.21. The molecule has 22 heavy (non-hydrogen) atoms. The number of ether oxygens (including phenoxy) is 1. The number of rotatable bonds is 5. The maximum absolute atomic E-state index is 12.4. The Bertz CT molecular complexity index is 628. The molecule has 0 spiro atoms. The summed E-state index contributed by atoms with van der Waals surface area (Å²) in [5.41, 5.74) is 0.784. The summed E-state index contributed by atoms with van der Waals surface area (Å²) in [6, 6.07) is 5.60. The van der Waals surface area contributed by atoms with E-state index < -0.39 is 0 Å². The topological polar surface area (TPSA) is 46.6 Å². The summed E-state index contributed by atoms with van der Waals surface area (Å²) in [5, 5.41) is -0.210. The molecule has 0 aliphatic carbocycles. The molecule has 2 amide bonds. The van der Waals surface area contributed by atoms with E-state index in [1.807, 2.05) is 39.0 Å². The van der Waals surface area contributed by atoms with Gasteiger partial charge in [-0.3, -0.25) is 14.5 Å². The maximum atomic E-state index is 12.4. The van der Waals surface area contributed by atoms with Crippen LogP contribution in [0.25, 0.3) is 6.08 Å². The highest BCUT2D eigenvalue weighted by Crippen LogP contribution is 2.35. The fraction of sp³-hybridized carbons (Fsp3) is 0.375. The quantitative estimate of drug-likeness (QED) is 0.700. The molecule has 0 radical (unpaired) electrons. The number of hydrogen-bond donors (Lipinski definition) is 0. The Hall–Kier alpha value is -1.27. The van der Waals surface area contributed by atoms with Crippen molar-refractivity contribution in [3.63, 3.8) is 0 Å². The van der Waals surface area contributed by atoms with Crippen LogP contribution in [0, 0.1) is 5.92 Å². The summed E-state index contributed by atoms with van der Waals surface area (Å²) in [7, 11) is 0. The largest absolute Gasteiger partial charge is 0.493 e. The van der Waals surface area contributed by atoms with Gasteiger partial charge in [0, 0.05) is 16.6 Å². The number of thioether (sulfide) groups is 1. The lowest BCUT2D eigenvalue weighted by Gasteiger charge is -2.14. The lowest BCUT2D eigenvalue weighted by atomic mass is 10.1. The third kappa shape index (κ3) is 3.93. The fourth-order valence-electron chi connectivity index (χ4n) is 2.08. The van der Waals surface area contributed by atoms with Gasteiger partial charge in [0.05, 0.1) is 11.5 Å². The van der Waals surface area contributed by atoms with Gasteiger partial charge in [0.1, 0.15) is 5.75 Å². The molecule has 1 aliphatic rings. The van der Waals surface area contributed by atoms with E-state index in [1.165, 1.54) is 4.90 Å². The molecule has 6 heteroatoms. The van der Waals surface area contributed by atoms with Gasteiger partial charge < -0.3 is 4.74 Å². The zero-order chi connectivity index (χ0) is 16.3. The van der Waals surface area contributed by atoms with Crippen LogP contribution in [0.1, 0.15) is 26.3 Å². The van der Waals surface area contributed by atoms with Gasteiger partial charge in [0.25, 0.3) is 11.1 Å². The second kappa shape index (κ2) is 7.33. The molecule has 4 nitrogen and oxygen atoms in total. The first-order chi connectivity index (χ1) is 10.4. The zero-order valence-corrected chi connectivity index (χ0v) is 15.2. The lowest BCUT2D eigenvalue weighted by molar-refractivity contribution is -0.123. The van der Waals surface area contributed by atoms with Gasteiger partial charge in [-0.05, 0) is 48.9 Å². The molecule has 1 heterocycles. The molecular weight excluding hydrogens is 366 g/mol. The number of nitrogens with zero attached hydrogens (tertiary/aromatic N) is 1. The molecule has 0 saturated carbocycles. The predicted molar refractivity (Wildman–Crippen MR) is 92.8 cm³/mol. The molecule has 1 saturated heterocycles. The van der Waals surface area contributed by atoms with Crippen LogP contribution in [0.15, 0.2) is 27.6 Å². The monoisotopic (exact) mass is 383 g/mol. The van der Waals surface area contributed by atoms with Crippen molar-refractivity contribution in [3.8, 4) is 5.75 Å². The van der Waals surface area contributed by atoms with Crippen molar-refractivity contribution in [2.24, 2.45) is 5.92 Å². The first-order valence-electron chi connectivity index (χ1n) is 7.10. The molecule has 0 aromatic heterocycles. The smallest absolute Gasteiger partial charge is 0.293 e. The normalized spacial score (nSPS) is 17.0. The van der Waals surface area contributed by atoms with Crippen LogP contribution in [-0.4, -0.2) is 29.2 Å². The second-order valence-electron chi connectivity index (χ2n) is 5.30. The van der Waals surface area contributed by atoms with E-state index in [9.17, 15) is 9.59 Å². The van der Waals surface area contributed by atoms with Crippen LogP contribution >= 0.6 is 27.7 Å². The van der Waals surface area contributed by atoms with Gasteiger partial charge in [-0.1, -0.05) is 29.8 Å². The maximum Gasteiger partial charge on any atom is 0.293 e. The molecule has 0 atom stereocenters. The van der Waals surface area contributed by atoms with Crippen molar-refractivity contribution in [1.29, 1.82) is 0 Å². The van der Waals surface area contributed by atoms with Crippen molar-refractivity contribution in [3.05, 3.63) is 33.1 Å². The van der Waals surface area contributed by atoms with Crippen LogP contribution in [-0.2, 0) is 4.79 Å². The highest BCUT2D eigenvalue weighted by molar-refractivity contribution is 9.10. The summed E-state index contributed by atoms with van der Waals surface area (Å²) in [5.74, 6) is 0.713. The molecular formula is C16H18BrNO3S. The average Bonchev–Trinajstić information content (AvgIpc) is 2.69. The zero-order valence-electron chi connectivity index (χ0n) is 12.8. The Kier molecular flexibility index (Phi) is 5.69. The van der Waals surface area contributed by atoms with Gasteiger partial charge in [-0.15, -0.1) is 0 Å². The van der Waals surface area contributed by atoms with Crippen LogP contribution in [0.3, 0.4) is 0 Å². The summed E-state index contributed by atoms with van der Waals surface area (Å²) in [6.45, 7) is 6.85. The molecule has 1 aromatic carbocycles. The van der Waals surface area contributed by atoms with E-state index in [0.29, 0.717) is 23.8 Å². The first kappa shape index (κ1) is 17.1. The average molecular weight is 384 g/mol. The Morgan fingerprint density at radius 1 is 1.36 bits per heavy atom. The summed E-state index contributed by atoms with van der Waals surface area (Å²) < 4.78 is 6.46. The van der Waals surface area contributed by atoms with E-state index in [2.05, 4.69) is 15.9 Å². The minimum Gasteiger partial charge on any atom is -0.493 e. The van der Waals surface area contributed by atoms with E-state index in [1.54, 1.807) is 6.08 Å². The van der Waals surface area contributed by atoms with Crippen molar-refractivity contribution < 1.29 is 14.3 Å². The van der Waals surface area contributed by atoms with Crippen molar-refractivity contribution in [2.45, 2.75) is 20.8 Å². The SMILES string of the molecule is CCOc1ccc(Br)cc1/C=C1\SC(=O)N(CC(C)C)C1=O. The van der Waals surface area contributed by atoms with E-state index in [4.69, 9.17) is 4.74 Å².